The van der Waals surface area contributed by atoms with Gasteiger partial charge >= 0.3 is 6.03 Å². The molecule has 0 saturated carbocycles. The summed E-state index contributed by atoms with van der Waals surface area (Å²) in [7, 11) is 1.83. The topological polar surface area (TPSA) is 73.0 Å². The van der Waals surface area contributed by atoms with Crippen molar-refractivity contribution in [1.82, 2.24) is 20.0 Å². The standard InChI is InChI=1S/C24H34N4O3/c1-26(17-19-10-7-14-27-13-6-5-11-21(19)27)22(29)16-20-23(30)28(24(31)25-20)15-12-18-8-3-2-4-9-18/h2-4,8-9,19-21H,5-7,10-17H2,1H3,(H,25,31)/t19-,20-,21-/m0/s1. The third-order valence-corrected chi connectivity index (χ3v) is 7.12. The van der Waals surface area contributed by atoms with Gasteiger partial charge in [-0.1, -0.05) is 36.8 Å². The lowest BCUT2D eigenvalue weighted by Crippen LogP contribution is -2.51. The number of nitrogens with one attached hydrogen (secondary N) is 1. The van der Waals surface area contributed by atoms with Crippen LogP contribution in [0.2, 0.25) is 0 Å². The molecule has 0 bridgehead atoms. The fourth-order valence-electron chi connectivity index (χ4n) is 5.39. The highest BCUT2D eigenvalue weighted by Crippen LogP contribution is 2.31. The zero-order valence-corrected chi connectivity index (χ0v) is 18.5. The first-order valence-corrected chi connectivity index (χ1v) is 11.7. The fraction of sp³-hybridized carbons (Fsp3) is 0.625. The summed E-state index contributed by atoms with van der Waals surface area (Å²) in [4.78, 5) is 43.5. The molecule has 3 fully saturated rings. The summed E-state index contributed by atoms with van der Waals surface area (Å²) in [5.41, 5.74) is 1.08. The van der Waals surface area contributed by atoms with Gasteiger partial charge in [0, 0.05) is 26.2 Å². The molecule has 3 saturated heterocycles. The Morgan fingerprint density at radius 3 is 2.68 bits per heavy atom. The van der Waals surface area contributed by atoms with Gasteiger partial charge < -0.3 is 15.1 Å². The van der Waals surface area contributed by atoms with Gasteiger partial charge in [-0.3, -0.25) is 14.5 Å². The highest BCUT2D eigenvalue weighted by atomic mass is 16.2. The minimum atomic E-state index is -0.754. The number of urea groups is 1. The molecule has 4 amide bonds. The van der Waals surface area contributed by atoms with Crippen molar-refractivity contribution in [2.75, 3.05) is 33.2 Å². The van der Waals surface area contributed by atoms with E-state index in [1.807, 2.05) is 37.4 Å². The van der Waals surface area contributed by atoms with E-state index in [0.29, 0.717) is 24.9 Å². The van der Waals surface area contributed by atoms with E-state index in [9.17, 15) is 14.4 Å². The Bertz CT molecular complexity index is 797. The van der Waals surface area contributed by atoms with Gasteiger partial charge in [0.2, 0.25) is 5.91 Å². The molecule has 1 aromatic carbocycles. The number of hydrogen-bond acceptors (Lipinski definition) is 4. The van der Waals surface area contributed by atoms with Crippen molar-refractivity contribution in [1.29, 1.82) is 0 Å². The molecule has 1 N–H and O–H groups in total. The fourth-order valence-corrected chi connectivity index (χ4v) is 5.39. The van der Waals surface area contributed by atoms with Crippen LogP contribution in [0.1, 0.15) is 44.1 Å². The third-order valence-electron chi connectivity index (χ3n) is 7.12. The molecule has 31 heavy (non-hydrogen) atoms. The van der Waals surface area contributed by atoms with E-state index >= 15 is 0 Å². The van der Waals surface area contributed by atoms with Gasteiger partial charge in [0.15, 0.2) is 0 Å². The molecule has 7 heteroatoms. The highest BCUT2D eigenvalue weighted by Gasteiger charge is 2.40. The molecule has 7 nitrogen and oxygen atoms in total. The van der Waals surface area contributed by atoms with Crippen LogP contribution >= 0.6 is 0 Å². The van der Waals surface area contributed by atoms with Gasteiger partial charge in [-0.05, 0) is 56.7 Å². The van der Waals surface area contributed by atoms with E-state index in [-0.39, 0.29) is 18.2 Å². The van der Waals surface area contributed by atoms with E-state index in [1.54, 1.807) is 4.90 Å². The number of hydrogen-bond donors (Lipinski definition) is 1. The average molecular weight is 427 g/mol. The predicted molar refractivity (Wildman–Crippen MR) is 118 cm³/mol. The number of rotatable bonds is 7. The normalized spacial score (nSPS) is 26.5. The van der Waals surface area contributed by atoms with Crippen molar-refractivity contribution < 1.29 is 14.4 Å². The van der Waals surface area contributed by atoms with Crippen LogP contribution in [0.15, 0.2) is 30.3 Å². The zero-order valence-electron chi connectivity index (χ0n) is 18.5. The van der Waals surface area contributed by atoms with E-state index < -0.39 is 12.1 Å². The smallest absolute Gasteiger partial charge is 0.324 e. The van der Waals surface area contributed by atoms with Gasteiger partial charge in [-0.25, -0.2) is 4.79 Å². The summed E-state index contributed by atoms with van der Waals surface area (Å²) in [6, 6.07) is 9.21. The van der Waals surface area contributed by atoms with Crippen molar-refractivity contribution in [3.8, 4) is 0 Å². The Balaban J connectivity index is 1.28. The zero-order chi connectivity index (χ0) is 21.8. The second-order valence-corrected chi connectivity index (χ2v) is 9.21. The summed E-state index contributed by atoms with van der Waals surface area (Å²) in [6.45, 7) is 3.42. The molecule has 3 aliphatic heterocycles. The SMILES string of the molecule is CN(C[C@@H]1CCCN2CCCC[C@@H]12)C(=O)C[C@@H]1NC(=O)N(CCc2ccccc2)C1=O. The molecule has 0 radical (unpaired) electrons. The van der Waals surface area contributed by atoms with Crippen LogP contribution in [0.5, 0.6) is 0 Å². The highest BCUT2D eigenvalue weighted by molar-refractivity contribution is 6.05. The lowest BCUT2D eigenvalue weighted by Gasteiger charge is -2.45. The van der Waals surface area contributed by atoms with Gasteiger partial charge in [0.05, 0.1) is 6.42 Å². The number of benzene rings is 1. The number of piperidine rings is 2. The Morgan fingerprint density at radius 2 is 1.87 bits per heavy atom. The van der Waals surface area contributed by atoms with E-state index in [2.05, 4.69) is 10.2 Å². The molecule has 0 unspecified atom stereocenters. The summed E-state index contributed by atoms with van der Waals surface area (Å²) in [5, 5.41) is 2.71. The minimum Gasteiger partial charge on any atom is -0.345 e. The quantitative estimate of drug-likeness (QED) is 0.679. The monoisotopic (exact) mass is 426 g/mol. The van der Waals surface area contributed by atoms with E-state index in [0.717, 1.165) is 18.5 Å². The van der Waals surface area contributed by atoms with Gasteiger partial charge in [-0.2, -0.15) is 0 Å². The molecule has 0 spiro atoms. The van der Waals surface area contributed by atoms with Crippen LogP contribution in [0, 0.1) is 5.92 Å². The van der Waals surface area contributed by atoms with Crippen LogP contribution in [-0.4, -0.2) is 77.9 Å². The lowest BCUT2D eigenvalue weighted by atomic mass is 9.83. The second kappa shape index (κ2) is 9.81. The van der Waals surface area contributed by atoms with Crippen molar-refractivity contribution in [3.05, 3.63) is 35.9 Å². The van der Waals surface area contributed by atoms with Gasteiger partial charge in [-0.15, -0.1) is 0 Å². The predicted octanol–water partition coefficient (Wildman–Crippen LogP) is 2.26. The molecule has 0 aliphatic carbocycles. The molecular weight excluding hydrogens is 392 g/mol. The molecular formula is C24H34N4O3. The average Bonchev–Trinajstić information content (AvgIpc) is 3.05. The van der Waals surface area contributed by atoms with Crippen LogP contribution in [0.25, 0.3) is 0 Å². The van der Waals surface area contributed by atoms with Crippen LogP contribution in [0.4, 0.5) is 4.79 Å². The summed E-state index contributed by atoms with van der Waals surface area (Å²) >= 11 is 0. The summed E-state index contributed by atoms with van der Waals surface area (Å²) < 4.78 is 0. The molecule has 0 aromatic heterocycles. The first kappa shape index (κ1) is 21.8. The van der Waals surface area contributed by atoms with Crippen LogP contribution in [-0.2, 0) is 16.0 Å². The second-order valence-electron chi connectivity index (χ2n) is 9.21. The largest absolute Gasteiger partial charge is 0.345 e. The minimum absolute atomic E-state index is 0.0318. The number of fused-ring (bicyclic) bond motifs is 1. The maximum atomic E-state index is 12.9. The van der Waals surface area contributed by atoms with Crippen molar-refractivity contribution in [2.45, 2.75) is 57.0 Å². The Labute approximate surface area is 184 Å². The molecule has 3 atom stereocenters. The number of imide groups is 1. The molecule has 1 aromatic rings. The molecule has 168 valence electrons. The van der Waals surface area contributed by atoms with Gasteiger partial charge in [0.25, 0.3) is 5.91 Å². The number of carbonyl (C=O) groups is 3. The van der Waals surface area contributed by atoms with Crippen molar-refractivity contribution in [2.24, 2.45) is 5.92 Å². The molecule has 3 aliphatic rings. The Kier molecular flexibility index (Phi) is 6.90. The first-order chi connectivity index (χ1) is 15.0. The Hall–Kier alpha value is -2.41. The maximum Gasteiger partial charge on any atom is 0.324 e. The van der Waals surface area contributed by atoms with Crippen LogP contribution in [0.3, 0.4) is 0 Å². The first-order valence-electron chi connectivity index (χ1n) is 11.7. The van der Waals surface area contributed by atoms with Crippen LogP contribution < -0.4 is 5.32 Å². The summed E-state index contributed by atoms with van der Waals surface area (Å²) in [6.07, 6.45) is 6.77. The van der Waals surface area contributed by atoms with E-state index in [4.69, 9.17) is 0 Å². The summed E-state index contributed by atoms with van der Waals surface area (Å²) in [5.74, 6) is 0.134. The lowest BCUT2D eigenvalue weighted by molar-refractivity contribution is -0.135. The van der Waals surface area contributed by atoms with Gasteiger partial charge in [0.1, 0.15) is 6.04 Å². The third kappa shape index (κ3) is 5.09. The molecule has 4 rings (SSSR count). The number of carbonyl (C=O) groups excluding carboxylic acids is 3. The number of nitrogens with zero attached hydrogens (tertiary/aromatic N) is 3. The molecule has 3 heterocycles. The van der Waals surface area contributed by atoms with Crippen molar-refractivity contribution in [3.63, 3.8) is 0 Å². The van der Waals surface area contributed by atoms with E-state index in [1.165, 1.54) is 43.7 Å². The number of amides is 4. The Morgan fingerprint density at radius 1 is 1.10 bits per heavy atom. The maximum absolute atomic E-state index is 12.9. The van der Waals surface area contributed by atoms with Crippen molar-refractivity contribution >= 4 is 17.8 Å².